The van der Waals surface area contributed by atoms with Crippen LogP contribution in [0.1, 0.15) is 46.5 Å². The molecule has 0 saturated carbocycles. The number of hydrogen-bond donors (Lipinski definition) is 0. The summed E-state index contributed by atoms with van der Waals surface area (Å²) < 4.78 is 5.72. The zero-order valence-electron chi connectivity index (χ0n) is 17.6. The number of rotatable bonds is 6. The first kappa shape index (κ1) is 20.9. The molecule has 154 valence electrons. The molecule has 1 aliphatic rings. The molecular formula is C24H30N2O3. The zero-order chi connectivity index (χ0) is 20.8. The molecule has 0 N–H and O–H groups in total. The smallest absolute Gasteiger partial charge is 0.253 e. The Bertz CT molecular complexity index is 820. The molecule has 0 bridgehead atoms. The summed E-state index contributed by atoms with van der Waals surface area (Å²) in [4.78, 5) is 29.0. The van der Waals surface area contributed by atoms with Crippen LogP contribution in [0.5, 0.6) is 5.75 Å². The lowest BCUT2D eigenvalue weighted by molar-refractivity contribution is 0.0535. The summed E-state index contributed by atoms with van der Waals surface area (Å²) in [5, 5.41) is 0. The summed E-state index contributed by atoms with van der Waals surface area (Å²) in [6, 6.07) is 15.0. The summed E-state index contributed by atoms with van der Waals surface area (Å²) in [5.41, 5.74) is 2.48. The number of nitrogens with zero attached hydrogens (tertiary/aromatic N) is 2. The molecule has 2 amide bonds. The van der Waals surface area contributed by atoms with Crippen LogP contribution in [-0.2, 0) is 0 Å². The topological polar surface area (TPSA) is 49.9 Å². The largest absolute Gasteiger partial charge is 0.494 e. The lowest BCUT2D eigenvalue weighted by Gasteiger charge is -2.35. The molecule has 1 saturated heterocycles. The van der Waals surface area contributed by atoms with Crippen LogP contribution in [0.25, 0.3) is 0 Å². The maximum absolute atomic E-state index is 12.8. The Balaban J connectivity index is 1.51. The highest BCUT2D eigenvalue weighted by atomic mass is 16.5. The van der Waals surface area contributed by atoms with Gasteiger partial charge >= 0.3 is 0 Å². The van der Waals surface area contributed by atoms with E-state index in [0.29, 0.717) is 49.8 Å². The number of carbonyl (C=O) groups excluding carboxylic acids is 2. The van der Waals surface area contributed by atoms with Gasteiger partial charge in [0, 0.05) is 37.3 Å². The van der Waals surface area contributed by atoms with Gasteiger partial charge < -0.3 is 14.5 Å². The number of carbonyl (C=O) groups is 2. The van der Waals surface area contributed by atoms with E-state index in [2.05, 4.69) is 13.8 Å². The second kappa shape index (κ2) is 9.59. The Labute approximate surface area is 173 Å². The van der Waals surface area contributed by atoms with Crippen LogP contribution >= 0.6 is 0 Å². The van der Waals surface area contributed by atoms with Gasteiger partial charge in [-0.05, 0) is 55.7 Å². The maximum Gasteiger partial charge on any atom is 0.253 e. The van der Waals surface area contributed by atoms with Crippen LogP contribution in [0.3, 0.4) is 0 Å². The van der Waals surface area contributed by atoms with Crippen molar-refractivity contribution in [3.63, 3.8) is 0 Å². The molecule has 29 heavy (non-hydrogen) atoms. The fraction of sp³-hybridized carbons (Fsp3) is 0.417. The Kier molecular flexibility index (Phi) is 6.91. The van der Waals surface area contributed by atoms with Crippen LogP contribution in [0.15, 0.2) is 48.5 Å². The van der Waals surface area contributed by atoms with Crippen LogP contribution in [0.2, 0.25) is 0 Å². The van der Waals surface area contributed by atoms with Gasteiger partial charge in [-0.1, -0.05) is 31.5 Å². The predicted molar refractivity (Wildman–Crippen MR) is 114 cm³/mol. The molecule has 1 fully saturated rings. The van der Waals surface area contributed by atoms with Gasteiger partial charge in [0.05, 0.1) is 6.61 Å². The molecule has 2 aromatic carbocycles. The molecule has 0 aliphatic carbocycles. The average Bonchev–Trinajstić information content (AvgIpc) is 2.74. The Morgan fingerprint density at radius 3 is 1.72 bits per heavy atom. The second-order valence-corrected chi connectivity index (χ2v) is 8.01. The monoisotopic (exact) mass is 394 g/mol. The number of ether oxygens (including phenoxy) is 1. The minimum atomic E-state index is 0.00108. The number of benzene rings is 2. The van der Waals surface area contributed by atoms with Crippen LogP contribution < -0.4 is 4.74 Å². The first-order valence-electron chi connectivity index (χ1n) is 10.3. The van der Waals surface area contributed by atoms with E-state index < -0.39 is 0 Å². The highest BCUT2D eigenvalue weighted by molar-refractivity contribution is 5.96. The zero-order valence-corrected chi connectivity index (χ0v) is 17.6. The third-order valence-electron chi connectivity index (χ3n) is 5.22. The number of piperazine rings is 1. The van der Waals surface area contributed by atoms with Gasteiger partial charge in [0.1, 0.15) is 5.75 Å². The van der Waals surface area contributed by atoms with Crippen molar-refractivity contribution < 1.29 is 14.3 Å². The van der Waals surface area contributed by atoms with E-state index >= 15 is 0 Å². The minimum absolute atomic E-state index is 0.00108. The summed E-state index contributed by atoms with van der Waals surface area (Å²) in [5.74, 6) is 1.42. The predicted octanol–water partition coefficient (Wildman–Crippen LogP) is 4.02. The number of amides is 2. The fourth-order valence-corrected chi connectivity index (χ4v) is 3.28. The van der Waals surface area contributed by atoms with Gasteiger partial charge in [-0.2, -0.15) is 0 Å². The van der Waals surface area contributed by atoms with Crippen LogP contribution in [-0.4, -0.2) is 54.4 Å². The van der Waals surface area contributed by atoms with Gasteiger partial charge in [-0.25, -0.2) is 0 Å². The quantitative estimate of drug-likeness (QED) is 0.744. The van der Waals surface area contributed by atoms with Gasteiger partial charge in [0.25, 0.3) is 11.8 Å². The highest BCUT2D eigenvalue weighted by Crippen LogP contribution is 2.16. The van der Waals surface area contributed by atoms with Crippen LogP contribution in [0, 0.1) is 12.8 Å². The fourth-order valence-electron chi connectivity index (χ4n) is 3.28. The molecule has 1 aliphatic heterocycles. The van der Waals surface area contributed by atoms with Gasteiger partial charge in [-0.15, -0.1) is 0 Å². The lowest BCUT2D eigenvalue weighted by Crippen LogP contribution is -2.50. The van der Waals surface area contributed by atoms with E-state index in [1.165, 1.54) is 0 Å². The molecule has 0 unspecified atom stereocenters. The summed E-state index contributed by atoms with van der Waals surface area (Å²) in [7, 11) is 0. The normalized spacial score (nSPS) is 14.2. The summed E-state index contributed by atoms with van der Waals surface area (Å²) >= 11 is 0. The number of aryl methyl sites for hydroxylation is 1. The van der Waals surface area contributed by atoms with Crippen molar-refractivity contribution in [3.8, 4) is 5.75 Å². The van der Waals surface area contributed by atoms with Crippen LogP contribution in [0.4, 0.5) is 0 Å². The standard InChI is InChI=1S/C24H30N2O3/c1-18(2)12-17-29-22-10-8-21(9-11-22)24(28)26-15-13-25(14-16-26)23(27)20-6-4-19(3)5-7-20/h4-11,18H,12-17H2,1-3H3. The molecule has 5 heteroatoms. The maximum atomic E-state index is 12.8. The van der Waals surface area contributed by atoms with E-state index in [4.69, 9.17) is 4.74 Å². The summed E-state index contributed by atoms with van der Waals surface area (Å²) in [6.45, 7) is 9.21. The third-order valence-corrected chi connectivity index (χ3v) is 5.22. The van der Waals surface area contributed by atoms with Gasteiger partial charge in [-0.3, -0.25) is 9.59 Å². The second-order valence-electron chi connectivity index (χ2n) is 8.01. The highest BCUT2D eigenvalue weighted by Gasteiger charge is 2.25. The SMILES string of the molecule is Cc1ccc(C(=O)N2CCN(C(=O)c3ccc(OCCC(C)C)cc3)CC2)cc1. The molecule has 0 radical (unpaired) electrons. The van der Waals surface area contributed by atoms with Crippen molar-refractivity contribution in [2.75, 3.05) is 32.8 Å². The molecular weight excluding hydrogens is 364 g/mol. The van der Waals surface area contributed by atoms with Crippen molar-refractivity contribution in [1.29, 1.82) is 0 Å². The molecule has 0 spiro atoms. The van der Waals surface area contributed by atoms with Crippen molar-refractivity contribution in [2.24, 2.45) is 5.92 Å². The molecule has 1 heterocycles. The lowest BCUT2D eigenvalue weighted by atomic mass is 10.1. The van der Waals surface area contributed by atoms with Crippen molar-refractivity contribution >= 4 is 11.8 Å². The first-order valence-corrected chi connectivity index (χ1v) is 10.3. The van der Waals surface area contributed by atoms with E-state index in [1.807, 2.05) is 65.3 Å². The summed E-state index contributed by atoms with van der Waals surface area (Å²) in [6.07, 6.45) is 1.01. The number of hydrogen-bond acceptors (Lipinski definition) is 3. The minimum Gasteiger partial charge on any atom is -0.494 e. The van der Waals surface area contributed by atoms with Crippen molar-refractivity contribution in [2.45, 2.75) is 27.2 Å². The third kappa shape index (κ3) is 5.59. The Hall–Kier alpha value is -2.82. The van der Waals surface area contributed by atoms with Gasteiger partial charge in [0.2, 0.25) is 0 Å². The van der Waals surface area contributed by atoms with Crippen molar-refractivity contribution in [1.82, 2.24) is 9.80 Å². The first-order chi connectivity index (χ1) is 13.9. The molecule has 5 nitrogen and oxygen atoms in total. The van der Waals surface area contributed by atoms with Crippen molar-refractivity contribution in [3.05, 3.63) is 65.2 Å². The molecule has 0 aromatic heterocycles. The van der Waals surface area contributed by atoms with E-state index in [-0.39, 0.29) is 11.8 Å². The van der Waals surface area contributed by atoms with E-state index in [9.17, 15) is 9.59 Å². The molecule has 2 aromatic rings. The Morgan fingerprint density at radius 2 is 1.28 bits per heavy atom. The molecule has 3 rings (SSSR count). The van der Waals surface area contributed by atoms with Gasteiger partial charge in [0.15, 0.2) is 0 Å². The van der Waals surface area contributed by atoms with E-state index in [0.717, 1.165) is 17.7 Å². The molecule has 0 atom stereocenters. The average molecular weight is 395 g/mol. The Morgan fingerprint density at radius 1 is 0.828 bits per heavy atom. The van der Waals surface area contributed by atoms with E-state index in [1.54, 1.807) is 0 Å².